The molecular weight excluding hydrogens is 353 g/mol. The largest absolute Gasteiger partial charge is 0.494 e. The van der Waals surface area contributed by atoms with E-state index in [1.165, 1.54) is 33.5 Å². The van der Waals surface area contributed by atoms with Crippen LogP contribution in [-0.2, 0) is 0 Å². The second-order valence-corrected chi connectivity index (χ2v) is 5.76. The lowest BCUT2D eigenvalue weighted by Gasteiger charge is -2.20. The van der Waals surface area contributed by atoms with Gasteiger partial charge in [-0.1, -0.05) is 0 Å². The molecule has 0 aliphatic heterocycles. The minimum Gasteiger partial charge on any atom is -0.494 e. The lowest BCUT2D eigenvalue weighted by atomic mass is 10.1. The van der Waals surface area contributed by atoms with Crippen LogP contribution in [0.4, 0.5) is 4.39 Å². The predicted octanol–water partition coefficient (Wildman–Crippen LogP) is 3.39. The van der Waals surface area contributed by atoms with E-state index >= 15 is 0 Å². The molecule has 0 fully saturated rings. The number of carbonyl (C=O) groups excluding carboxylic acids is 1. The van der Waals surface area contributed by atoms with E-state index in [9.17, 15) is 9.18 Å². The Bertz CT molecular complexity index is 764. The van der Waals surface area contributed by atoms with E-state index in [0.717, 1.165) is 0 Å². The fourth-order valence-corrected chi connectivity index (χ4v) is 2.60. The molecule has 1 amide bonds. The van der Waals surface area contributed by atoms with Crippen LogP contribution in [0.25, 0.3) is 0 Å². The lowest BCUT2D eigenvalue weighted by Crippen LogP contribution is -2.29. The predicted molar refractivity (Wildman–Crippen MR) is 99.6 cm³/mol. The summed E-state index contributed by atoms with van der Waals surface area (Å²) in [4.78, 5) is 14.3. The molecule has 0 radical (unpaired) electrons. The Balaban J connectivity index is 1.97. The number of rotatable bonds is 9. The van der Waals surface area contributed by atoms with Gasteiger partial charge in [0.05, 0.1) is 33.5 Å². The number of amides is 1. The van der Waals surface area contributed by atoms with E-state index in [-0.39, 0.29) is 11.7 Å². The van der Waals surface area contributed by atoms with E-state index in [0.29, 0.717) is 48.1 Å². The van der Waals surface area contributed by atoms with Crippen molar-refractivity contribution < 1.29 is 28.1 Å². The molecule has 0 heterocycles. The topological polar surface area (TPSA) is 57.2 Å². The van der Waals surface area contributed by atoms with Crippen LogP contribution in [0, 0.1) is 5.82 Å². The van der Waals surface area contributed by atoms with Crippen molar-refractivity contribution in [2.45, 2.75) is 6.42 Å². The van der Waals surface area contributed by atoms with Crippen LogP contribution in [0.5, 0.6) is 23.0 Å². The summed E-state index contributed by atoms with van der Waals surface area (Å²) < 4.78 is 34.3. The molecule has 6 nitrogen and oxygen atoms in total. The summed E-state index contributed by atoms with van der Waals surface area (Å²) in [6.07, 6.45) is 0.620. The summed E-state index contributed by atoms with van der Waals surface area (Å²) in [5.41, 5.74) is 0.386. The van der Waals surface area contributed by atoms with Crippen molar-refractivity contribution in [3.63, 3.8) is 0 Å². The Kier molecular flexibility index (Phi) is 7.28. The van der Waals surface area contributed by atoms with Gasteiger partial charge < -0.3 is 23.8 Å². The van der Waals surface area contributed by atoms with Crippen molar-refractivity contribution in [3.05, 3.63) is 47.8 Å². The average Bonchev–Trinajstić information content (AvgIpc) is 2.70. The van der Waals surface area contributed by atoms with Crippen molar-refractivity contribution in [1.29, 1.82) is 0 Å². The molecule has 0 saturated carbocycles. The van der Waals surface area contributed by atoms with Gasteiger partial charge >= 0.3 is 0 Å². The summed E-state index contributed by atoms with van der Waals surface area (Å²) in [6, 6.07) is 9.13. The van der Waals surface area contributed by atoms with Crippen molar-refractivity contribution in [2.75, 3.05) is 41.5 Å². The highest BCUT2D eigenvalue weighted by atomic mass is 19.1. The quantitative estimate of drug-likeness (QED) is 0.627. The van der Waals surface area contributed by atoms with Gasteiger partial charge in [0.25, 0.3) is 5.91 Å². The third-order valence-electron chi connectivity index (χ3n) is 4.00. The Morgan fingerprint density at radius 1 is 0.963 bits per heavy atom. The third-order valence-corrected chi connectivity index (χ3v) is 4.00. The number of carbonyl (C=O) groups is 1. The highest BCUT2D eigenvalue weighted by Crippen LogP contribution is 2.40. The normalized spacial score (nSPS) is 10.3. The molecule has 0 unspecified atom stereocenters. The van der Waals surface area contributed by atoms with Crippen LogP contribution >= 0.6 is 0 Å². The Hall–Kier alpha value is -2.96. The van der Waals surface area contributed by atoms with Gasteiger partial charge in [-0.15, -0.1) is 0 Å². The average molecular weight is 377 g/mol. The monoisotopic (exact) mass is 377 g/mol. The van der Waals surface area contributed by atoms with Crippen molar-refractivity contribution in [1.82, 2.24) is 4.90 Å². The van der Waals surface area contributed by atoms with Gasteiger partial charge in [0.1, 0.15) is 11.6 Å². The number of nitrogens with zero attached hydrogens (tertiary/aromatic N) is 1. The van der Waals surface area contributed by atoms with Gasteiger partial charge in [-0.05, 0) is 42.8 Å². The Labute approximate surface area is 158 Å². The Morgan fingerprint density at radius 2 is 1.63 bits per heavy atom. The summed E-state index contributed by atoms with van der Waals surface area (Å²) in [5.74, 6) is 1.27. The summed E-state index contributed by atoms with van der Waals surface area (Å²) in [7, 11) is 6.19. The molecule has 0 saturated heterocycles. The van der Waals surface area contributed by atoms with E-state index in [1.54, 1.807) is 36.2 Å². The molecule has 7 heteroatoms. The summed E-state index contributed by atoms with van der Waals surface area (Å²) in [5, 5.41) is 0. The van der Waals surface area contributed by atoms with Crippen molar-refractivity contribution in [2.24, 2.45) is 0 Å². The summed E-state index contributed by atoms with van der Waals surface area (Å²) >= 11 is 0. The standard InChI is InChI=1S/C20H24FNO5/c1-22(12-5-13-27-15-8-6-14(21)7-9-15)20(23)16-10-11-17(24-2)19(26-4)18(16)25-3/h6-11H,5,12-13H2,1-4H3. The van der Waals surface area contributed by atoms with Crippen molar-refractivity contribution in [3.8, 4) is 23.0 Å². The Morgan fingerprint density at radius 3 is 2.22 bits per heavy atom. The molecule has 0 bridgehead atoms. The van der Waals surface area contributed by atoms with Gasteiger partial charge in [-0.3, -0.25) is 4.79 Å². The second kappa shape index (κ2) is 9.66. The molecule has 0 atom stereocenters. The van der Waals surface area contributed by atoms with Crippen LogP contribution in [-0.4, -0.2) is 52.3 Å². The van der Waals surface area contributed by atoms with E-state index < -0.39 is 0 Å². The number of halogens is 1. The fraction of sp³-hybridized carbons (Fsp3) is 0.350. The maximum Gasteiger partial charge on any atom is 0.257 e. The van der Waals surface area contributed by atoms with Crippen LogP contribution in [0.2, 0.25) is 0 Å². The lowest BCUT2D eigenvalue weighted by molar-refractivity contribution is 0.0783. The van der Waals surface area contributed by atoms with Gasteiger partial charge in [0.15, 0.2) is 11.5 Å². The maximum atomic E-state index is 12.9. The van der Waals surface area contributed by atoms with E-state index in [1.807, 2.05) is 0 Å². The minimum absolute atomic E-state index is 0.199. The molecular formula is C20H24FNO5. The third kappa shape index (κ3) is 5.03. The number of hydrogen-bond donors (Lipinski definition) is 0. The smallest absolute Gasteiger partial charge is 0.257 e. The number of hydrogen-bond acceptors (Lipinski definition) is 5. The SMILES string of the molecule is COc1ccc(C(=O)N(C)CCCOc2ccc(F)cc2)c(OC)c1OC. The molecule has 0 aliphatic carbocycles. The first-order chi connectivity index (χ1) is 13.0. The van der Waals surface area contributed by atoms with Crippen molar-refractivity contribution >= 4 is 5.91 Å². The molecule has 146 valence electrons. The van der Waals surface area contributed by atoms with Crippen LogP contribution in [0.3, 0.4) is 0 Å². The molecule has 2 rings (SSSR count). The first kappa shape index (κ1) is 20.4. The van der Waals surface area contributed by atoms with Gasteiger partial charge in [0, 0.05) is 13.6 Å². The first-order valence-electron chi connectivity index (χ1n) is 8.44. The number of benzene rings is 2. The highest BCUT2D eigenvalue weighted by Gasteiger charge is 2.22. The molecule has 2 aromatic rings. The molecule has 2 aromatic carbocycles. The molecule has 0 N–H and O–H groups in total. The van der Waals surface area contributed by atoms with Gasteiger partial charge in [-0.25, -0.2) is 4.39 Å². The first-order valence-corrected chi connectivity index (χ1v) is 8.44. The fourth-order valence-electron chi connectivity index (χ4n) is 2.60. The highest BCUT2D eigenvalue weighted by molar-refractivity contribution is 5.98. The van der Waals surface area contributed by atoms with E-state index in [2.05, 4.69) is 0 Å². The van der Waals surface area contributed by atoms with Gasteiger partial charge in [0.2, 0.25) is 5.75 Å². The zero-order valence-corrected chi connectivity index (χ0v) is 16.0. The zero-order valence-electron chi connectivity index (χ0n) is 16.0. The molecule has 27 heavy (non-hydrogen) atoms. The summed E-state index contributed by atoms with van der Waals surface area (Å²) in [6.45, 7) is 0.893. The minimum atomic E-state index is -0.309. The van der Waals surface area contributed by atoms with Crippen LogP contribution in [0.15, 0.2) is 36.4 Å². The maximum absolute atomic E-state index is 12.9. The van der Waals surface area contributed by atoms with Gasteiger partial charge in [-0.2, -0.15) is 0 Å². The number of methoxy groups -OCH3 is 3. The molecule has 0 aromatic heterocycles. The van der Waals surface area contributed by atoms with Crippen LogP contribution in [0.1, 0.15) is 16.8 Å². The second-order valence-electron chi connectivity index (χ2n) is 5.76. The molecule has 0 spiro atoms. The zero-order chi connectivity index (χ0) is 19.8. The van der Waals surface area contributed by atoms with E-state index in [4.69, 9.17) is 18.9 Å². The molecule has 0 aliphatic rings. The van der Waals surface area contributed by atoms with Crippen LogP contribution < -0.4 is 18.9 Å². The number of ether oxygens (including phenoxy) is 4.